The maximum atomic E-state index is 12.1. The Hall–Kier alpha value is -2.11. The fourth-order valence-electron chi connectivity index (χ4n) is 2.90. The van der Waals surface area contributed by atoms with Gasteiger partial charge in [-0.25, -0.2) is 4.98 Å². The van der Waals surface area contributed by atoms with Gasteiger partial charge in [0.05, 0.1) is 5.92 Å². The highest BCUT2D eigenvalue weighted by Gasteiger charge is 2.30. The van der Waals surface area contributed by atoms with Crippen LogP contribution in [0.3, 0.4) is 0 Å². The largest absolute Gasteiger partial charge is 0.356 e. The molecule has 1 atom stereocenters. The van der Waals surface area contributed by atoms with Crippen molar-refractivity contribution in [3.05, 3.63) is 24.4 Å². The molecule has 21 heavy (non-hydrogen) atoms. The molecule has 0 aromatic carbocycles. The third-order valence-corrected chi connectivity index (χ3v) is 4.16. The summed E-state index contributed by atoms with van der Waals surface area (Å²) in [5.41, 5.74) is 0. The summed E-state index contributed by atoms with van der Waals surface area (Å²) in [5.74, 6) is 0.768. The molecular formula is C15H20N4O2. The van der Waals surface area contributed by atoms with Gasteiger partial charge in [0.25, 0.3) is 0 Å². The first-order valence-corrected chi connectivity index (χ1v) is 7.45. The average Bonchev–Trinajstić information content (AvgIpc) is 2.96. The number of carbonyl (C=O) groups excluding carboxylic acids is 2. The van der Waals surface area contributed by atoms with Crippen LogP contribution in [0, 0.1) is 5.92 Å². The SMILES string of the molecule is O=C1CC(C(=O)NC2CCN(c3ccccn3)CC2)CN1. The summed E-state index contributed by atoms with van der Waals surface area (Å²) in [6.45, 7) is 2.26. The zero-order valence-corrected chi connectivity index (χ0v) is 11.9. The van der Waals surface area contributed by atoms with Crippen LogP contribution in [0.2, 0.25) is 0 Å². The minimum absolute atomic E-state index is 0.00429. The van der Waals surface area contributed by atoms with Crippen molar-refractivity contribution in [2.45, 2.75) is 25.3 Å². The normalized spacial score (nSPS) is 23.0. The Labute approximate surface area is 123 Å². The van der Waals surface area contributed by atoms with E-state index in [9.17, 15) is 9.59 Å². The maximum Gasteiger partial charge on any atom is 0.225 e. The van der Waals surface area contributed by atoms with Crippen LogP contribution >= 0.6 is 0 Å². The first kappa shape index (κ1) is 13.9. The molecule has 1 aromatic rings. The Bertz CT molecular complexity index is 512. The fraction of sp³-hybridized carbons (Fsp3) is 0.533. The molecule has 6 heteroatoms. The number of rotatable bonds is 3. The molecule has 0 aliphatic carbocycles. The summed E-state index contributed by atoms with van der Waals surface area (Å²) in [5, 5.41) is 5.78. The van der Waals surface area contributed by atoms with Gasteiger partial charge in [-0.2, -0.15) is 0 Å². The lowest BCUT2D eigenvalue weighted by atomic mass is 10.0. The minimum atomic E-state index is -0.202. The van der Waals surface area contributed by atoms with E-state index in [2.05, 4.69) is 20.5 Å². The molecule has 1 unspecified atom stereocenters. The summed E-state index contributed by atoms with van der Waals surface area (Å²) in [7, 11) is 0. The van der Waals surface area contributed by atoms with Crippen molar-refractivity contribution in [3.8, 4) is 0 Å². The van der Waals surface area contributed by atoms with Crippen LogP contribution in [-0.2, 0) is 9.59 Å². The van der Waals surface area contributed by atoms with Gasteiger partial charge in [-0.3, -0.25) is 9.59 Å². The smallest absolute Gasteiger partial charge is 0.225 e. The second-order valence-electron chi connectivity index (χ2n) is 5.66. The van der Waals surface area contributed by atoms with Gasteiger partial charge in [0.2, 0.25) is 11.8 Å². The van der Waals surface area contributed by atoms with E-state index in [1.807, 2.05) is 18.2 Å². The molecule has 1 aromatic heterocycles. The summed E-state index contributed by atoms with van der Waals surface area (Å²) >= 11 is 0. The van der Waals surface area contributed by atoms with Crippen molar-refractivity contribution in [1.29, 1.82) is 0 Å². The Morgan fingerprint density at radius 3 is 2.76 bits per heavy atom. The lowest BCUT2D eigenvalue weighted by Crippen LogP contribution is -2.46. The predicted octanol–water partition coefficient (Wildman–Crippen LogP) is 0.303. The van der Waals surface area contributed by atoms with Crippen molar-refractivity contribution in [2.75, 3.05) is 24.5 Å². The van der Waals surface area contributed by atoms with Crippen LogP contribution in [-0.4, -0.2) is 42.5 Å². The lowest BCUT2D eigenvalue weighted by molar-refractivity contribution is -0.127. The molecule has 0 bridgehead atoms. The molecule has 2 amide bonds. The quantitative estimate of drug-likeness (QED) is 0.839. The van der Waals surface area contributed by atoms with Gasteiger partial charge in [0.15, 0.2) is 0 Å². The number of pyridine rings is 1. The van der Waals surface area contributed by atoms with Crippen molar-refractivity contribution < 1.29 is 9.59 Å². The average molecular weight is 288 g/mol. The molecule has 3 rings (SSSR count). The summed E-state index contributed by atoms with van der Waals surface area (Å²) < 4.78 is 0. The molecule has 2 aliphatic rings. The fourth-order valence-corrected chi connectivity index (χ4v) is 2.90. The summed E-state index contributed by atoms with van der Waals surface area (Å²) in [6, 6.07) is 6.11. The highest BCUT2D eigenvalue weighted by Crippen LogP contribution is 2.18. The van der Waals surface area contributed by atoms with Gasteiger partial charge in [0, 0.05) is 38.3 Å². The number of hydrogen-bond donors (Lipinski definition) is 2. The van der Waals surface area contributed by atoms with Gasteiger partial charge in [0.1, 0.15) is 5.82 Å². The predicted molar refractivity (Wildman–Crippen MR) is 78.7 cm³/mol. The zero-order valence-electron chi connectivity index (χ0n) is 11.9. The molecular weight excluding hydrogens is 268 g/mol. The van der Waals surface area contributed by atoms with Gasteiger partial charge in [-0.05, 0) is 25.0 Å². The first-order valence-electron chi connectivity index (χ1n) is 7.45. The third-order valence-electron chi connectivity index (χ3n) is 4.16. The highest BCUT2D eigenvalue weighted by molar-refractivity contribution is 5.89. The number of anilines is 1. The zero-order chi connectivity index (χ0) is 14.7. The monoisotopic (exact) mass is 288 g/mol. The Morgan fingerprint density at radius 2 is 2.14 bits per heavy atom. The molecule has 6 nitrogen and oxygen atoms in total. The summed E-state index contributed by atoms with van der Waals surface area (Å²) in [4.78, 5) is 29.8. The second kappa shape index (κ2) is 6.11. The molecule has 2 N–H and O–H groups in total. The Kier molecular flexibility index (Phi) is 4.03. The van der Waals surface area contributed by atoms with Crippen LogP contribution in [0.5, 0.6) is 0 Å². The van der Waals surface area contributed by atoms with E-state index in [1.165, 1.54) is 0 Å². The number of piperidine rings is 1. The van der Waals surface area contributed by atoms with Gasteiger partial charge < -0.3 is 15.5 Å². The van der Waals surface area contributed by atoms with E-state index in [1.54, 1.807) is 6.20 Å². The second-order valence-corrected chi connectivity index (χ2v) is 5.66. The number of hydrogen-bond acceptors (Lipinski definition) is 4. The van der Waals surface area contributed by atoms with Crippen molar-refractivity contribution in [2.24, 2.45) is 5.92 Å². The van der Waals surface area contributed by atoms with E-state index >= 15 is 0 Å². The molecule has 0 spiro atoms. The highest BCUT2D eigenvalue weighted by atomic mass is 16.2. The molecule has 3 heterocycles. The molecule has 2 fully saturated rings. The Morgan fingerprint density at radius 1 is 1.33 bits per heavy atom. The van der Waals surface area contributed by atoms with Crippen LogP contribution in [0.25, 0.3) is 0 Å². The number of nitrogens with zero attached hydrogens (tertiary/aromatic N) is 2. The van der Waals surface area contributed by atoms with Gasteiger partial charge >= 0.3 is 0 Å². The molecule has 112 valence electrons. The topological polar surface area (TPSA) is 74.3 Å². The standard InChI is InChI=1S/C15H20N4O2/c20-14-9-11(10-17-14)15(21)18-12-4-7-19(8-5-12)13-3-1-2-6-16-13/h1-3,6,11-12H,4-5,7-10H2,(H,17,20)(H,18,21). The number of carbonyl (C=O) groups is 2. The minimum Gasteiger partial charge on any atom is -0.356 e. The molecule has 2 aliphatic heterocycles. The van der Waals surface area contributed by atoms with E-state index < -0.39 is 0 Å². The van der Waals surface area contributed by atoms with Crippen molar-refractivity contribution >= 4 is 17.6 Å². The van der Waals surface area contributed by atoms with Crippen LogP contribution in [0.1, 0.15) is 19.3 Å². The van der Waals surface area contributed by atoms with Crippen LogP contribution in [0.15, 0.2) is 24.4 Å². The lowest BCUT2D eigenvalue weighted by Gasteiger charge is -2.33. The number of amides is 2. The van der Waals surface area contributed by atoms with Gasteiger partial charge in [-0.1, -0.05) is 6.07 Å². The van der Waals surface area contributed by atoms with E-state index in [0.717, 1.165) is 31.7 Å². The van der Waals surface area contributed by atoms with Crippen LogP contribution < -0.4 is 15.5 Å². The van der Waals surface area contributed by atoms with E-state index in [-0.39, 0.29) is 23.8 Å². The number of aromatic nitrogens is 1. The summed E-state index contributed by atoms with van der Waals surface area (Å²) in [6.07, 6.45) is 3.94. The molecule has 0 radical (unpaired) electrons. The molecule has 2 saturated heterocycles. The van der Waals surface area contributed by atoms with E-state index in [0.29, 0.717) is 13.0 Å². The number of nitrogens with one attached hydrogen (secondary N) is 2. The Balaban J connectivity index is 1.48. The van der Waals surface area contributed by atoms with Gasteiger partial charge in [-0.15, -0.1) is 0 Å². The molecule has 0 saturated carbocycles. The third kappa shape index (κ3) is 3.32. The first-order chi connectivity index (χ1) is 10.2. The van der Waals surface area contributed by atoms with E-state index in [4.69, 9.17) is 0 Å². The maximum absolute atomic E-state index is 12.1. The van der Waals surface area contributed by atoms with Crippen molar-refractivity contribution in [1.82, 2.24) is 15.6 Å². The van der Waals surface area contributed by atoms with Crippen LogP contribution in [0.4, 0.5) is 5.82 Å². The van der Waals surface area contributed by atoms with Crippen molar-refractivity contribution in [3.63, 3.8) is 0 Å².